The van der Waals surface area contributed by atoms with E-state index in [9.17, 15) is 0 Å². The van der Waals surface area contributed by atoms with E-state index >= 15 is 0 Å². The van der Waals surface area contributed by atoms with Crippen molar-refractivity contribution in [2.75, 3.05) is 0 Å². The molecular weight excluding hydrogens is 260 g/mol. The Bertz CT molecular complexity index is 846. The standard InChI is InChI=1S/C17H12N4/c1-2-6-12(7-3-1)16-18-10-13(11-19-16)17-20-14-8-4-5-9-15(14)21-17/h1-11H,(H,20,21). The lowest BCUT2D eigenvalue weighted by Crippen LogP contribution is -1.90. The van der Waals surface area contributed by atoms with Gasteiger partial charge >= 0.3 is 0 Å². The van der Waals surface area contributed by atoms with Crippen LogP contribution in [0.5, 0.6) is 0 Å². The molecule has 100 valence electrons. The fourth-order valence-corrected chi connectivity index (χ4v) is 2.28. The number of rotatable bonds is 2. The molecule has 0 amide bonds. The summed E-state index contributed by atoms with van der Waals surface area (Å²) in [5, 5.41) is 0. The zero-order chi connectivity index (χ0) is 14.1. The number of nitrogens with zero attached hydrogens (tertiary/aromatic N) is 3. The number of benzene rings is 2. The first kappa shape index (κ1) is 11.8. The van der Waals surface area contributed by atoms with Crippen LogP contribution in [-0.4, -0.2) is 19.9 Å². The molecule has 0 saturated carbocycles. The van der Waals surface area contributed by atoms with Crippen LogP contribution in [0.25, 0.3) is 33.8 Å². The Morgan fingerprint density at radius 1 is 0.714 bits per heavy atom. The summed E-state index contributed by atoms with van der Waals surface area (Å²) in [6.45, 7) is 0. The molecule has 0 saturated heterocycles. The van der Waals surface area contributed by atoms with Crippen LogP contribution in [-0.2, 0) is 0 Å². The van der Waals surface area contributed by atoms with E-state index in [-0.39, 0.29) is 0 Å². The first-order chi connectivity index (χ1) is 10.4. The van der Waals surface area contributed by atoms with Crippen molar-refractivity contribution in [3.63, 3.8) is 0 Å². The SMILES string of the molecule is c1ccc(-c2ncc(-c3nc4ccccc4[nH]3)cn2)cc1. The first-order valence-corrected chi connectivity index (χ1v) is 6.73. The highest BCUT2D eigenvalue weighted by Crippen LogP contribution is 2.20. The van der Waals surface area contributed by atoms with E-state index in [1.807, 2.05) is 54.6 Å². The van der Waals surface area contributed by atoms with Crippen LogP contribution in [0, 0.1) is 0 Å². The highest BCUT2D eigenvalue weighted by Gasteiger charge is 2.06. The van der Waals surface area contributed by atoms with Crippen molar-refractivity contribution in [3.05, 3.63) is 67.0 Å². The van der Waals surface area contributed by atoms with Gasteiger partial charge in [0.15, 0.2) is 5.82 Å². The lowest BCUT2D eigenvalue weighted by molar-refractivity contribution is 1.16. The molecule has 1 N–H and O–H groups in total. The summed E-state index contributed by atoms with van der Waals surface area (Å²) in [5.74, 6) is 1.51. The van der Waals surface area contributed by atoms with Crippen LogP contribution in [0.1, 0.15) is 0 Å². The highest BCUT2D eigenvalue weighted by atomic mass is 14.9. The average Bonchev–Trinajstić information content (AvgIpc) is 3.00. The van der Waals surface area contributed by atoms with Crippen LogP contribution < -0.4 is 0 Å². The van der Waals surface area contributed by atoms with Crippen molar-refractivity contribution in [2.24, 2.45) is 0 Å². The second-order valence-corrected chi connectivity index (χ2v) is 4.76. The van der Waals surface area contributed by atoms with Crippen molar-refractivity contribution in [1.82, 2.24) is 19.9 Å². The molecule has 0 atom stereocenters. The topological polar surface area (TPSA) is 54.5 Å². The molecular formula is C17H12N4. The third-order valence-corrected chi connectivity index (χ3v) is 3.35. The average molecular weight is 272 g/mol. The molecule has 4 rings (SSSR count). The van der Waals surface area contributed by atoms with Crippen molar-refractivity contribution in [2.45, 2.75) is 0 Å². The second-order valence-electron chi connectivity index (χ2n) is 4.76. The Kier molecular flexibility index (Phi) is 2.71. The van der Waals surface area contributed by atoms with Crippen LogP contribution >= 0.6 is 0 Å². The predicted molar refractivity (Wildman–Crippen MR) is 82.6 cm³/mol. The number of H-pyrrole nitrogens is 1. The van der Waals surface area contributed by atoms with E-state index in [1.54, 1.807) is 12.4 Å². The van der Waals surface area contributed by atoms with Crippen LogP contribution in [0.2, 0.25) is 0 Å². The molecule has 0 fully saturated rings. The van der Waals surface area contributed by atoms with E-state index in [2.05, 4.69) is 19.9 Å². The second kappa shape index (κ2) is 4.83. The van der Waals surface area contributed by atoms with Gasteiger partial charge in [-0.05, 0) is 12.1 Å². The molecule has 21 heavy (non-hydrogen) atoms. The summed E-state index contributed by atoms with van der Waals surface area (Å²) in [7, 11) is 0. The molecule has 0 bridgehead atoms. The Morgan fingerprint density at radius 2 is 1.43 bits per heavy atom. The van der Waals surface area contributed by atoms with Crippen LogP contribution in [0.3, 0.4) is 0 Å². The number of aromatic nitrogens is 4. The van der Waals surface area contributed by atoms with Gasteiger partial charge in [0, 0.05) is 18.0 Å². The number of imidazole rings is 1. The number of aromatic amines is 1. The van der Waals surface area contributed by atoms with Gasteiger partial charge in [-0.1, -0.05) is 42.5 Å². The molecule has 0 aliphatic carbocycles. The molecule has 0 radical (unpaired) electrons. The van der Waals surface area contributed by atoms with E-state index in [0.29, 0.717) is 0 Å². The summed E-state index contributed by atoms with van der Waals surface area (Å²) >= 11 is 0. The van der Waals surface area contributed by atoms with Gasteiger partial charge in [-0.3, -0.25) is 0 Å². The Morgan fingerprint density at radius 3 is 2.19 bits per heavy atom. The number of para-hydroxylation sites is 2. The lowest BCUT2D eigenvalue weighted by atomic mass is 10.2. The maximum atomic E-state index is 4.55. The number of hydrogen-bond donors (Lipinski definition) is 1. The maximum absolute atomic E-state index is 4.55. The molecule has 0 unspecified atom stereocenters. The van der Waals surface area contributed by atoms with Crippen molar-refractivity contribution < 1.29 is 0 Å². The van der Waals surface area contributed by atoms with E-state index in [0.717, 1.165) is 33.8 Å². The van der Waals surface area contributed by atoms with Gasteiger partial charge in [-0.15, -0.1) is 0 Å². The molecule has 4 nitrogen and oxygen atoms in total. The lowest BCUT2D eigenvalue weighted by Gasteiger charge is -2.00. The van der Waals surface area contributed by atoms with Crippen molar-refractivity contribution >= 4 is 11.0 Å². The fraction of sp³-hybridized carbons (Fsp3) is 0. The number of fused-ring (bicyclic) bond motifs is 1. The normalized spacial score (nSPS) is 10.9. The Labute approximate surface area is 121 Å². The van der Waals surface area contributed by atoms with Gasteiger partial charge in [-0.2, -0.15) is 0 Å². The van der Waals surface area contributed by atoms with Gasteiger partial charge in [-0.25, -0.2) is 15.0 Å². The summed E-state index contributed by atoms with van der Waals surface area (Å²) in [6.07, 6.45) is 3.60. The minimum Gasteiger partial charge on any atom is -0.338 e. The van der Waals surface area contributed by atoms with Gasteiger partial charge < -0.3 is 4.98 Å². The minimum atomic E-state index is 0.718. The van der Waals surface area contributed by atoms with Crippen molar-refractivity contribution in [3.8, 4) is 22.8 Å². The molecule has 0 aliphatic heterocycles. The van der Waals surface area contributed by atoms with Gasteiger partial charge in [0.05, 0.1) is 16.6 Å². The third kappa shape index (κ3) is 2.17. The zero-order valence-electron chi connectivity index (χ0n) is 11.2. The van der Waals surface area contributed by atoms with E-state index < -0.39 is 0 Å². The molecule has 0 spiro atoms. The minimum absolute atomic E-state index is 0.718. The van der Waals surface area contributed by atoms with Crippen LogP contribution in [0.15, 0.2) is 67.0 Å². The largest absolute Gasteiger partial charge is 0.338 e. The number of nitrogens with one attached hydrogen (secondary N) is 1. The van der Waals surface area contributed by atoms with Crippen LogP contribution in [0.4, 0.5) is 0 Å². The molecule has 2 aromatic heterocycles. The van der Waals surface area contributed by atoms with E-state index in [4.69, 9.17) is 0 Å². The summed E-state index contributed by atoms with van der Waals surface area (Å²) < 4.78 is 0. The molecule has 4 heteroatoms. The van der Waals surface area contributed by atoms with Gasteiger partial charge in [0.25, 0.3) is 0 Å². The number of hydrogen-bond acceptors (Lipinski definition) is 3. The van der Waals surface area contributed by atoms with E-state index in [1.165, 1.54) is 0 Å². The van der Waals surface area contributed by atoms with Gasteiger partial charge in [0.2, 0.25) is 0 Å². The summed E-state index contributed by atoms with van der Waals surface area (Å²) in [4.78, 5) is 16.7. The van der Waals surface area contributed by atoms with Crippen molar-refractivity contribution in [1.29, 1.82) is 0 Å². The first-order valence-electron chi connectivity index (χ1n) is 6.73. The molecule has 2 heterocycles. The quantitative estimate of drug-likeness (QED) is 0.605. The predicted octanol–water partition coefficient (Wildman–Crippen LogP) is 3.69. The smallest absolute Gasteiger partial charge is 0.159 e. The summed E-state index contributed by atoms with van der Waals surface area (Å²) in [5.41, 5.74) is 3.85. The zero-order valence-corrected chi connectivity index (χ0v) is 11.2. The molecule has 2 aromatic carbocycles. The third-order valence-electron chi connectivity index (χ3n) is 3.35. The molecule has 4 aromatic rings. The fourth-order valence-electron chi connectivity index (χ4n) is 2.28. The monoisotopic (exact) mass is 272 g/mol. The highest BCUT2D eigenvalue weighted by molar-refractivity contribution is 5.79. The van der Waals surface area contributed by atoms with Gasteiger partial charge in [0.1, 0.15) is 5.82 Å². The Hall–Kier alpha value is -3.01. The maximum Gasteiger partial charge on any atom is 0.159 e. The Balaban J connectivity index is 1.73. The molecule has 0 aliphatic rings. The summed E-state index contributed by atoms with van der Waals surface area (Å²) in [6, 6.07) is 17.9.